The molecule has 96 valence electrons. The standard InChI is InChI=1S/C12H13ClN2O2S/c1-2-15-11(16)6-10(12(15)17)18-7-3-4-9(14)8(13)5-7/h3-5,10H,2,6,14H2,1H3. The number of anilines is 1. The smallest absolute Gasteiger partial charge is 0.243 e. The quantitative estimate of drug-likeness (QED) is 0.682. The monoisotopic (exact) mass is 284 g/mol. The van der Waals surface area contributed by atoms with Crippen LogP contribution < -0.4 is 5.73 Å². The Balaban J connectivity index is 2.13. The highest BCUT2D eigenvalue weighted by Gasteiger charge is 2.38. The van der Waals surface area contributed by atoms with Gasteiger partial charge in [-0.3, -0.25) is 14.5 Å². The zero-order chi connectivity index (χ0) is 13.3. The van der Waals surface area contributed by atoms with Crippen molar-refractivity contribution in [2.75, 3.05) is 12.3 Å². The molecule has 0 aliphatic carbocycles. The Kier molecular flexibility index (Phi) is 3.82. The first kappa shape index (κ1) is 13.2. The maximum atomic E-state index is 11.9. The highest BCUT2D eigenvalue weighted by atomic mass is 35.5. The molecule has 0 bridgehead atoms. The van der Waals surface area contributed by atoms with Crippen LogP contribution in [0.1, 0.15) is 13.3 Å². The van der Waals surface area contributed by atoms with E-state index in [4.69, 9.17) is 17.3 Å². The SMILES string of the molecule is CCN1C(=O)CC(Sc2ccc(N)c(Cl)c2)C1=O. The number of hydrogen-bond donors (Lipinski definition) is 1. The number of nitrogens with two attached hydrogens (primary N) is 1. The summed E-state index contributed by atoms with van der Waals surface area (Å²) in [5.41, 5.74) is 6.12. The predicted octanol–water partition coefficient (Wildman–Crippen LogP) is 2.16. The summed E-state index contributed by atoms with van der Waals surface area (Å²) in [6, 6.07) is 5.22. The van der Waals surface area contributed by atoms with Gasteiger partial charge in [-0.1, -0.05) is 11.6 Å². The number of thioether (sulfide) groups is 1. The van der Waals surface area contributed by atoms with Crippen LogP contribution in [0.3, 0.4) is 0 Å². The topological polar surface area (TPSA) is 63.4 Å². The Hall–Kier alpha value is -1.20. The molecule has 1 saturated heterocycles. The predicted molar refractivity (Wildman–Crippen MR) is 72.5 cm³/mol. The normalized spacial score (nSPS) is 19.7. The molecule has 0 radical (unpaired) electrons. The molecular formula is C12H13ClN2O2S. The van der Waals surface area contributed by atoms with Crippen LogP contribution in [-0.4, -0.2) is 28.5 Å². The second-order valence-electron chi connectivity index (χ2n) is 3.97. The molecule has 4 nitrogen and oxygen atoms in total. The van der Waals surface area contributed by atoms with Crippen molar-refractivity contribution < 1.29 is 9.59 Å². The first-order valence-corrected chi connectivity index (χ1v) is 6.84. The van der Waals surface area contributed by atoms with Gasteiger partial charge in [-0.15, -0.1) is 11.8 Å². The van der Waals surface area contributed by atoms with Crippen molar-refractivity contribution in [2.24, 2.45) is 0 Å². The minimum atomic E-state index is -0.350. The van der Waals surface area contributed by atoms with Gasteiger partial charge < -0.3 is 5.73 Å². The van der Waals surface area contributed by atoms with E-state index in [-0.39, 0.29) is 23.5 Å². The van der Waals surface area contributed by atoms with Crippen LogP contribution >= 0.6 is 23.4 Å². The van der Waals surface area contributed by atoms with E-state index in [1.54, 1.807) is 25.1 Å². The molecule has 6 heteroatoms. The van der Waals surface area contributed by atoms with Gasteiger partial charge in [0.05, 0.1) is 16.0 Å². The lowest BCUT2D eigenvalue weighted by molar-refractivity contribution is -0.137. The minimum Gasteiger partial charge on any atom is -0.398 e. The van der Waals surface area contributed by atoms with E-state index in [2.05, 4.69) is 0 Å². The Morgan fingerprint density at radius 2 is 2.22 bits per heavy atom. The van der Waals surface area contributed by atoms with Crippen molar-refractivity contribution in [3.05, 3.63) is 23.2 Å². The number of imide groups is 1. The maximum Gasteiger partial charge on any atom is 0.243 e. The van der Waals surface area contributed by atoms with Gasteiger partial charge in [0.1, 0.15) is 0 Å². The van der Waals surface area contributed by atoms with Crippen LogP contribution in [0, 0.1) is 0 Å². The molecule has 0 spiro atoms. The van der Waals surface area contributed by atoms with Crippen LogP contribution in [0.4, 0.5) is 5.69 Å². The summed E-state index contributed by atoms with van der Waals surface area (Å²) in [5.74, 6) is -0.234. The zero-order valence-electron chi connectivity index (χ0n) is 9.85. The number of nitrogens with zero attached hydrogens (tertiary/aromatic N) is 1. The second-order valence-corrected chi connectivity index (χ2v) is 5.65. The number of benzene rings is 1. The van der Waals surface area contributed by atoms with Gasteiger partial charge in [-0.2, -0.15) is 0 Å². The van der Waals surface area contributed by atoms with E-state index in [0.29, 0.717) is 17.3 Å². The zero-order valence-corrected chi connectivity index (χ0v) is 11.4. The number of halogens is 1. The van der Waals surface area contributed by atoms with E-state index in [1.165, 1.54) is 16.7 Å². The van der Waals surface area contributed by atoms with Gasteiger partial charge in [-0.25, -0.2) is 0 Å². The highest BCUT2D eigenvalue weighted by Crippen LogP contribution is 2.33. The number of nitrogen functional groups attached to an aromatic ring is 1. The fraction of sp³-hybridized carbons (Fsp3) is 0.333. The third kappa shape index (κ3) is 2.47. The first-order valence-electron chi connectivity index (χ1n) is 5.58. The lowest BCUT2D eigenvalue weighted by Crippen LogP contribution is -2.30. The average molecular weight is 285 g/mol. The summed E-state index contributed by atoms with van der Waals surface area (Å²) < 4.78 is 0. The summed E-state index contributed by atoms with van der Waals surface area (Å²) in [6.07, 6.45) is 0.249. The molecule has 2 rings (SSSR count). The molecule has 0 saturated carbocycles. The summed E-state index contributed by atoms with van der Waals surface area (Å²) in [5, 5.41) is 0.112. The number of likely N-dealkylation sites (tertiary alicyclic amines) is 1. The molecule has 2 N–H and O–H groups in total. The fourth-order valence-electron chi connectivity index (χ4n) is 1.82. The molecule has 1 aliphatic heterocycles. The summed E-state index contributed by atoms with van der Waals surface area (Å²) in [7, 11) is 0. The molecule has 1 unspecified atom stereocenters. The average Bonchev–Trinajstić information content (AvgIpc) is 2.59. The summed E-state index contributed by atoms with van der Waals surface area (Å²) in [4.78, 5) is 25.6. The van der Waals surface area contributed by atoms with Crippen LogP contribution in [0.2, 0.25) is 5.02 Å². The fourth-order valence-corrected chi connectivity index (χ4v) is 3.18. The number of amides is 2. The van der Waals surface area contributed by atoms with Gasteiger partial charge in [0, 0.05) is 17.9 Å². The molecule has 1 aromatic rings. The Morgan fingerprint density at radius 3 is 2.78 bits per heavy atom. The van der Waals surface area contributed by atoms with Gasteiger partial charge >= 0.3 is 0 Å². The largest absolute Gasteiger partial charge is 0.398 e. The maximum absolute atomic E-state index is 11.9. The van der Waals surface area contributed by atoms with Crippen molar-refractivity contribution in [3.8, 4) is 0 Å². The third-order valence-corrected chi connectivity index (χ3v) is 4.28. The van der Waals surface area contributed by atoms with Gasteiger partial charge in [0.15, 0.2) is 0 Å². The van der Waals surface area contributed by atoms with Crippen LogP contribution in [0.15, 0.2) is 23.1 Å². The highest BCUT2D eigenvalue weighted by molar-refractivity contribution is 8.00. The molecule has 1 heterocycles. The Bertz CT molecular complexity index is 507. The van der Waals surface area contributed by atoms with Crippen molar-refractivity contribution in [1.82, 2.24) is 4.90 Å². The van der Waals surface area contributed by atoms with Gasteiger partial charge in [0.2, 0.25) is 11.8 Å². The number of carbonyl (C=O) groups is 2. The van der Waals surface area contributed by atoms with E-state index >= 15 is 0 Å². The van der Waals surface area contributed by atoms with Crippen LogP contribution in [-0.2, 0) is 9.59 Å². The lowest BCUT2D eigenvalue weighted by atomic mass is 10.3. The van der Waals surface area contributed by atoms with Crippen molar-refractivity contribution >= 4 is 40.9 Å². The third-order valence-electron chi connectivity index (χ3n) is 2.77. The Morgan fingerprint density at radius 1 is 1.50 bits per heavy atom. The number of carbonyl (C=O) groups excluding carboxylic acids is 2. The van der Waals surface area contributed by atoms with Gasteiger partial charge in [0.25, 0.3) is 0 Å². The van der Waals surface area contributed by atoms with E-state index in [1.807, 2.05) is 0 Å². The van der Waals surface area contributed by atoms with Crippen molar-refractivity contribution in [2.45, 2.75) is 23.5 Å². The van der Waals surface area contributed by atoms with Crippen molar-refractivity contribution in [1.29, 1.82) is 0 Å². The summed E-state index contributed by atoms with van der Waals surface area (Å²) >= 11 is 7.27. The molecular weight excluding hydrogens is 272 g/mol. The molecule has 1 fully saturated rings. The van der Waals surface area contributed by atoms with E-state index in [0.717, 1.165) is 4.90 Å². The first-order chi connectivity index (χ1) is 8.52. The van der Waals surface area contributed by atoms with Crippen LogP contribution in [0.5, 0.6) is 0 Å². The summed E-state index contributed by atoms with van der Waals surface area (Å²) in [6.45, 7) is 2.22. The number of hydrogen-bond acceptors (Lipinski definition) is 4. The Labute approximate surface area is 114 Å². The van der Waals surface area contributed by atoms with Crippen molar-refractivity contribution in [3.63, 3.8) is 0 Å². The lowest BCUT2D eigenvalue weighted by Gasteiger charge is -2.11. The molecule has 1 atom stereocenters. The molecule has 0 aromatic heterocycles. The van der Waals surface area contributed by atoms with E-state index in [9.17, 15) is 9.59 Å². The molecule has 1 aromatic carbocycles. The minimum absolute atomic E-state index is 0.110. The molecule has 1 aliphatic rings. The van der Waals surface area contributed by atoms with Gasteiger partial charge in [-0.05, 0) is 25.1 Å². The molecule has 18 heavy (non-hydrogen) atoms. The second kappa shape index (κ2) is 5.20. The van der Waals surface area contributed by atoms with Crippen LogP contribution in [0.25, 0.3) is 0 Å². The van der Waals surface area contributed by atoms with E-state index < -0.39 is 0 Å². The molecule has 2 amide bonds. The number of rotatable bonds is 3.